The van der Waals surface area contributed by atoms with Crippen molar-refractivity contribution >= 4 is 46.2 Å². The number of carbonyl (C=O) groups is 1. The summed E-state index contributed by atoms with van der Waals surface area (Å²) < 4.78 is 38.9. The van der Waals surface area contributed by atoms with Crippen molar-refractivity contribution in [3.8, 4) is 18.1 Å². The van der Waals surface area contributed by atoms with Crippen LogP contribution in [0.5, 0.6) is 5.75 Å². The predicted octanol–water partition coefficient (Wildman–Crippen LogP) is 6.86. The van der Waals surface area contributed by atoms with Gasteiger partial charge in [0.05, 0.1) is 44.7 Å². The SMILES string of the molecule is C#CCSSCCOc1ccc2cc(C(C)C(=O)OCCCCOP(=O)(OCC)OCC)ccc2c1. The zero-order chi connectivity index (χ0) is 26.2. The minimum Gasteiger partial charge on any atom is -0.493 e. The Kier molecular flexibility index (Phi) is 14.4. The zero-order valence-electron chi connectivity index (χ0n) is 21.1. The molecule has 1 atom stereocenters. The van der Waals surface area contributed by atoms with Crippen LogP contribution in [-0.2, 0) is 27.7 Å². The van der Waals surface area contributed by atoms with Gasteiger partial charge in [0.2, 0.25) is 0 Å². The van der Waals surface area contributed by atoms with Crippen LogP contribution in [0.1, 0.15) is 45.1 Å². The van der Waals surface area contributed by atoms with Crippen LogP contribution < -0.4 is 4.74 Å². The smallest absolute Gasteiger partial charge is 0.474 e. The fourth-order valence-corrected chi connectivity index (χ4v) is 5.81. The molecule has 0 bridgehead atoms. The largest absolute Gasteiger partial charge is 0.493 e. The Hall–Kier alpha value is -1.66. The van der Waals surface area contributed by atoms with E-state index in [1.54, 1.807) is 35.4 Å². The van der Waals surface area contributed by atoms with E-state index in [1.807, 2.05) is 43.3 Å². The van der Waals surface area contributed by atoms with Gasteiger partial charge in [0.15, 0.2) is 0 Å². The standard InChI is InChI=1S/C26H35O7PS2/c1-5-17-35-36-18-16-29-25-13-12-23-19-22(10-11-24(23)20-25)21(4)26(27)30-14-8-9-15-33-34(28,31-6-2)32-7-3/h1,10-13,19-21H,6-9,14-18H2,2-4H3. The molecule has 0 N–H and O–H groups in total. The molecule has 36 heavy (non-hydrogen) atoms. The number of rotatable bonds is 18. The number of unbranched alkanes of at least 4 members (excludes halogenated alkanes) is 1. The molecule has 0 saturated heterocycles. The van der Waals surface area contributed by atoms with E-state index in [0.29, 0.717) is 25.2 Å². The molecule has 10 heteroatoms. The molecule has 0 spiro atoms. The summed E-state index contributed by atoms with van der Waals surface area (Å²) in [7, 11) is -0.154. The number of esters is 1. The fraction of sp³-hybridized carbons (Fsp3) is 0.500. The molecular weight excluding hydrogens is 519 g/mol. The van der Waals surface area contributed by atoms with Gasteiger partial charge in [-0.1, -0.05) is 51.8 Å². The number of benzene rings is 2. The second-order valence-electron chi connectivity index (χ2n) is 7.62. The van der Waals surface area contributed by atoms with Gasteiger partial charge in [-0.05, 0) is 62.1 Å². The molecule has 2 aromatic carbocycles. The average molecular weight is 555 g/mol. The van der Waals surface area contributed by atoms with Crippen LogP contribution in [-0.4, -0.2) is 50.5 Å². The van der Waals surface area contributed by atoms with Gasteiger partial charge in [0.25, 0.3) is 0 Å². The van der Waals surface area contributed by atoms with Gasteiger partial charge in [-0.3, -0.25) is 18.4 Å². The van der Waals surface area contributed by atoms with E-state index in [9.17, 15) is 9.36 Å². The van der Waals surface area contributed by atoms with Gasteiger partial charge in [0.1, 0.15) is 5.75 Å². The Morgan fingerprint density at radius 2 is 1.67 bits per heavy atom. The highest BCUT2D eigenvalue weighted by Gasteiger charge is 2.24. The number of fused-ring (bicyclic) bond motifs is 1. The first-order valence-electron chi connectivity index (χ1n) is 12.0. The third kappa shape index (κ3) is 10.8. The second kappa shape index (κ2) is 17.0. The molecule has 0 heterocycles. The quantitative estimate of drug-likeness (QED) is 0.0645. The molecule has 0 radical (unpaired) electrons. The van der Waals surface area contributed by atoms with E-state index in [-0.39, 0.29) is 32.4 Å². The number of terminal acetylenes is 1. The minimum absolute atomic E-state index is 0.199. The van der Waals surface area contributed by atoms with E-state index in [2.05, 4.69) is 5.92 Å². The number of hydrogen-bond acceptors (Lipinski definition) is 9. The lowest BCUT2D eigenvalue weighted by molar-refractivity contribution is -0.145. The van der Waals surface area contributed by atoms with Gasteiger partial charge in [0, 0.05) is 5.75 Å². The Bertz CT molecular complexity index is 1030. The van der Waals surface area contributed by atoms with Crippen LogP contribution in [0, 0.1) is 12.3 Å². The Morgan fingerprint density at radius 3 is 2.39 bits per heavy atom. The minimum atomic E-state index is -3.50. The highest BCUT2D eigenvalue weighted by molar-refractivity contribution is 8.76. The molecule has 7 nitrogen and oxygen atoms in total. The third-order valence-corrected chi connectivity index (χ3v) is 8.74. The van der Waals surface area contributed by atoms with Crippen molar-refractivity contribution in [2.75, 3.05) is 44.5 Å². The van der Waals surface area contributed by atoms with Crippen molar-refractivity contribution in [1.82, 2.24) is 0 Å². The molecule has 0 aliphatic carbocycles. The summed E-state index contributed by atoms with van der Waals surface area (Å²) in [6, 6.07) is 11.9. The first kappa shape index (κ1) is 30.6. The van der Waals surface area contributed by atoms with Crippen molar-refractivity contribution in [3.05, 3.63) is 42.0 Å². The van der Waals surface area contributed by atoms with E-state index >= 15 is 0 Å². The molecule has 0 aliphatic heterocycles. The van der Waals surface area contributed by atoms with Crippen LogP contribution in [0.4, 0.5) is 0 Å². The van der Waals surface area contributed by atoms with E-state index < -0.39 is 13.7 Å². The molecular formula is C26H35O7PS2. The first-order valence-corrected chi connectivity index (χ1v) is 15.9. The summed E-state index contributed by atoms with van der Waals surface area (Å²) in [6.45, 7) is 6.83. The van der Waals surface area contributed by atoms with Crippen molar-refractivity contribution in [3.63, 3.8) is 0 Å². The maximum absolute atomic E-state index is 12.5. The van der Waals surface area contributed by atoms with Crippen LogP contribution in [0.2, 0.25) is 0 Å². The fourth-order valence-electron chi connectivity index (χ4n) is 3.17. The van der Waals surface area contributed by atoms with Crippen molar-refractivity contribution in [1.29, 1.82) is 0 Å². The van der Waals surface area contributed by atoms with Gasteiger partial charge in [-0.2, -0.15) is 0 Å². The molecule has 0 fully saturated rings. The number of carbonyl (C=O) groups excluding carboxylic acids is 1. The summed E-state index contributed by atoms with van der Waals surface area (Å²) in [5.74, 6) is 4.28. The summed E-state index contributed by atoms with van der Waals surface area (Å²) in [5, 5.41) is 2.08. The van der Waals surface area contributed by atoms with Gasteiger partial charge in [-0.15, -0.1) is 6.42 Å². The van der Waals surface area contributed by atoms with Crippen LogP contribution >= 0.6 is 29.4 Å². The predicted molar refractivity (Wildman–Crippen MR) is 149 cm³/mol. The molecule has 0 aromatic heterocycles. The maximum atomic E-state index is 12.5. The molecule has 2 aromatic rings. The lowest BCUT2D eigenvalue weighted by Gasteiger charge is -2.16. The highest BCUT2D eigenvalue weighted by atomic mass is 33.1. The lowest BCUT2D eigenvalue weighted by Crippen LogP contribution is -2.14. The highest BCUT2D eigenvalue weighted by Crippen LogP contribution is 2.49. The van der Waals surface area contributed by atoms with Crippen molar-refractivity contribution in [2.45, 2.75) is 39.5 Å². The van der Waals surface area contributed by atoms with Gasteiger partial charge in [-0.25, -0.2) is 4.57 Å². The molecule has 0 amide bonds. The first-order chi connectivity index (χ1) is 17.4. The average Bonchev–Trinajstić information content (AvgIpc) is 2.87. The number of ether oxygens (including phenoxy) is 2. The summed E-state index contributed by atoms with van der Waals surface area (Å²) >= 11 is 0. The van der Waals surface area contributed by atoms with Crippen LogP contribution in [0.25, 0.3) is 10.8 Å². The zero-order valence-corrected chi connectivity index (χ0v) is 23.6. The molecule has 0 aliphatic rings. The molecule has 198 valence electrons. The third-order valence-electron chi connectivity index (χ3n) is 4.96. The number of hydrogen-bond donors (Lipinski definition) is 0. The Labute approximate surface area is 222 Å². The second-order valence-corrected chi connectivity index (χ2v) is 11.9. The van der Waals surface area contributed by atoms with E-state index in [4.69, 9.17) is 29.5 Å². The van der Waals surface area contributed by atoms with Crippen molar-refractivity contribution in [2.24, 2.45) is 0 Å². The normalized spacial score (nSPS) is 12.3. The van der Waals surface area contributed by atoms with Crippen molar-refractivity contribution < 1.29 is 32.4 Å². The van der Waals surface area contributed by atoms with E-state index in [1.165, 1.54) is 0 Å². The number of phosphoric ester groups is 1. The topological polar surface area (TPSA) is 80.3 Å². The van der Waals surface area contributed by atoms with Crippen LogP contribution in [0.3, 0.4) is 0 Å². The number of phosphoric acid groups is 1. The Balaban J connectivity index is 1.77. The molecule has 1 unspecified atom stereocenters. The van der Waals surface area contributed by atoms with Gasteiger partial charge < -0.3 is 9.47 Å². The van der Waals surface area contributed by atoms with Gasteiger partial charge >= 0.3 is 13.8 Å². The monoisotopic (exact) mass is 554 g/mol. The maximum Gasteiger partial charge on any atom is 0.474 e. The lowest BCUT2D eigenvalue weighted by atomic mass is 9.98. The van der Waals surface area contributed by atoms with E-state index in [0.717, 1.165) is 27.8 Å². The summed E-state index contributed by atoms with van der Waals surface area (Å²) in [4.78, 5) is 12.5. The summed E-state index contributed by atoms with van der Waals surface area (Å²) in [6.07, 6.45) is 6.38. The Morgan fingerprint density at radius 1 is 0.972 bits per heavy atom. The molecule has 0 saturated carbocycles. The summed E-state index contributed by atoms with van der Waals surface area (Å²) in [5.41, 5.74) is 0.890. The van der Waals surface area contributed by atoms with Crippen LogP contribution in [0.15, 0.2) is 36.4 Å². The molecule has 2 rings (SSSR count).